The summed E-state index contributed by atoms with van der Waals surface area (Å²) in [5, 5.41) is 2.08. The highest BCUT2D eigenvalue weighted by Crippen LogP contribution is 2.26. The van der Waals surface area contributed by atoms with Crippen molar-refractivity contribution < 1.29 is 0 Å². The minimum absolute atomic E-state index is 0.754. The van der Waals surface area contributed by atoms with Gasteiger partial charge in [-0.05, 0) is 39.5 Å². The maximum Gasteiger partial charge on any atom is 0.140 e. The van der Waals surface area contributed by atoms with Gasteiger partial charge in [0.05, 0.1) is 6.54 Å². The predicted octanol–water partition coefficient (Wildman–Crippen LogP) is 4.00. The average Bonchev–Trinajstić information content (AvgIpc) is 3.00. The van der Waals surface area contributed by atoms with Gasteiger partial charge in [-0.25, -0.2) is 4.98 Å². The van der Waals surface area contributed by atoms with E-state index in [1.54, 1.807) is 11.3 Å². The lowest BCUT2D eigenvalue weighted by molar-refractivity contribution is 0.817. The van der Waals surface area contributed by atoms with Gasteiger partial charge in [0.15, 0.2) is 0 Å². The molecule has 0 unspecified atom stereocenters. The molecular weight excluding hydrogens is 322 g/mol. The van der Waals surface area contributed by atoms with E-state index in [0.29, 0.717) is 0 Å². The SMILES string of the molecule is Nc1cccc(-c2nccn2Cc2sccc2Br)c1. The van der Waals surface area contributed by atoms with Gasteiger partial charge < -0.3 is 10.3 Å². The van der Waals surface area contributed by atoms with Crippen LogP contribution in [0, 0.1) is 0 Å². The fourth-order valence-corrected chi connectivity index (χ4v) is 3.44. The highest BCUT2D eigenvalue weighted by atomic mass is 79.9. The van der Waals surface area contributed by atoms with Crippen molar-refractivity contribution in [2.45, 2.75) is 6.54 Å². The standard InChI is InChI=1S/C14H12BrN3S/c15-12-4-7-19-13(12)9-18-6-5-17-14(18)10-2-1-3-11(16)8-10/h1-8H,9,16H2. The van der Waals surface area contributed by atoms with E-state index in [4.69, 9.17) is 5.73 Å². The highest BCUT2D eigenvalue weighted by Gasteiger charge is 2.09. The summed E-state index contributed by atoms with van der Waals surface area (Å²) in [6.45, 7) is 0.808. The summed E-state index contributed by atoms with van der Waals surface area (Å²) < 4.78 is 3.27. The molecule has 0 radical (unpaired) electrons. The number of benzene rings is 1. The van der Waals surface area contributed by atoms with Gasteiger partial charge in [-0.1, -0.05) is 12.1 Å². The summed E-state index contributed by atoms with van der Waals surface area (Å²) >= 11 is 5.30. The number of nitrogen functional groups attached to an aromatic ring is 1. The minimum Gasteiger partial charge on any atom is -0.399 e. The molecule has 3 nitrogen and oxygen atoms in total. The molecular formula is C14H12BrN3S. The van der Waals surface area contributed by atoms with Crippen molar-refractivity contribution >= 4 is 33.0 Å². The van der Waals surface area contributed by atoms with E-state index in [2.05, 4.69) is 36.9 Å². The molecule has 0 saturated carbocycles. The first-order valence-corrected chi connectivity index (χ1v) is 7.50. The highest BCUT2D eigenvalue weighted by molar-refractivity contribution is 9.10. The summed E-state index contributed by atoms with van der Waals surface area (Å²) in [6.07, 6.45) is 3.81. The van der Waals surface area contributed by atoms with Gasteiger partial charge in [-0.2, -0.15) is 0 Å². The molecule has 3 rings (SSSR count). The molecule has 0 atom stereocenters. The van der Waals surface area contributed by atoms with Crippen LogP contribution in [-0.4, -0.2) is 9.55 Å². The predicted molar refractivity (Wildman–Crippen MR) is 83.2 cm³/mol. The zero-order valence-corrected chi connectivity index (χ0v) is 12.5. The van der Waals surface area contributed by atoms with Crippen molar-refractivity contribution in [3.63, 3.8) is 0 Å². The monoisotopic (exact) mass is 333 g/mol. The Labute approximate surface area is 123 Å². The number of nitrogens with zero attached hydrogens (tertiary/aromatic N) is 2. The van der Waals surface area contributed by atoms with Crippen LogP contribution in [-0.2, 0) is 6.54 Å². The van der Waals surface area contributed by atoms with Crippen LogP contribution in [0.2, 0.25) is 0 Å². The zero-order chi connectivity index (χ0) is 13.2. The topological polar surface area (TPSA) is 43.8 Å². The molecule has 2 N–H and O–H groups in total. The molecule has 0 aliphatic rings. The summed E-state index contributed by atoms with van der Waals surface area (Å²) in [4.78, 5) is 5.72. The summed E-state index contributed by atoms with van der Waals surface area (Å²) in [7, 11) is 0. The van der Waals surface area contributed by atoms with Crippen molar-refractivity contribution in [2.75, 3.05) is 5.73 Å². The van der Waals surface area contributed by atoms with Crippen LogP contribution in [0.15, 0.2) is 52.6 Å². The van der Waals surface area contributed by atoms with Crippen LogP contribution in [0.25, 0.3) is 11.4 Å². The van der Waals surface area contributed by atoms with Gasteiger partial charge in [0.2, 0.25) is 0 Å². The smallest absolute Gasteiger partial charge is 0.140 e. The molecule has 0 aliphatic heterocycles. The molecule has 2 heterocycles. The van der Waals surface area contributed by atoms with E-state index in [-0.39, 0.29) is 0 Å². The Morgan fingerprint density at radius 3 is 2.95 bits per heavy atom. The molecule has 1 aromatic carbocycles. The van der Waals surface area contributed by atoms with Crippen molar-refractivity contribution in [1.82, 2.24) is 9.55 Å². The van der Waals surface area contributed by atoms with E-state index in [9.17, 15) is 0 Å². The Hall–Kier alpha value is -1.59. The van der Waals surface area contributed by atoms with E-state index < -0.39 is 0 Å². The largest absolute Gasteiger partial charge is 0.399 e. The molecule has 19 heavy (non-hydrogen) atoms. The number of thiophene rings is 1. The quantitative estimate of drug-likeness (QED) is 0.736. The summed E-state index contributed by atoms with van der Waals surface area (Å²) in [6, 6.07) is 9.87. The van der Waals surface area contributed by atoms with Gasteiger partial charge in [0, 0.05) is 33.0 Å². The number of rotatable bonds is 3. The molecule has 0 saturated heterocycles. The molecule has 2 aromatic heterocycles. The molecule has 0 aliphatic carbocycles. The number of hydrogen-bond acceptors (Lipinski definition) is 3. The minimum atomic E-state index is 0.754. The molecule has 0 bridgehead atoms. The Morgan fingerprint density at radius 1 is 1.32 bits per heavy atom. The number of halogens is 1. The number of hydrogen-bond donors (Lipinski definition) is 1. The van der Waals surface area contributed by atoms with E-state index in [0.717, 1.165) is 28.1 Å². The normalized spacial score (nSPS) is 10.8. The van der Waals surface area contributed by atoms with Gasteiger partial charge >= 0.3 is 0 Å². The number of imidazole rings is 1. The lowest BCUT2D eigenvalue weighted by Gasteiger charge is -2.07. The molecule has 0 spiro atoms. The average molecular weight is 334 g/mol. The van der Waals surface area contributed by atoms with Crippen molar-refractivity contribution in [3.05, 3.63) is 57.5 Å². The fourth-order valence-electron chi connectivity index (χ4n) is 1.97. The van der Waals surface area contributed by atoms with Crippen LogP contribution >= 0.6 is 27.3 Å². The number of anilines is 1. The zero-order valence-electron chi connectivity index (χ0n) is 10.1. The number of aromatic nitrogens is 2. The molecule has 5 heteroatoms. The third-order valence-corrected chi connectivity index (χ3v) is 4.78. The summed E-state index contributed by atoms with van der Waals surface area (Å²) in [5.41, 5.74) is 7.63. The van der Waals surface area contributed by atoms with Gasteiger partial charge in [-0.3, -0.25) is 0 Å². The van der Waals surface area contributed by atoms with Crippen molar-refractivity contribution in [3.8, 4) is 11.4 Å². The lowest BCUT2D eigenvalue weighted by atomic mass is 10.2. The molecule has 0 amide bonds. The van der Waals surface area contributed by atoms with E-state index >= 15 is 0 Å². The molecule has 96 valence electrons. The first-order valence-electron chi connectivity index (χ1n) is 5.83. The second kappa shape index (κ2) is 5.19. The van der Waals surface area contributed by atoms with Crippen molar-refractivity contribution in [1.29, 1.82) is 0 Å². The fraction of sp³-hybridized carbons (Fsp3) is 0.0714. The van der Waals surface area contributed by atoms with Crippen LogP contribution in [0.3, 0.4) is 0 Å². The molecule has 0 fully saturated rings. The third kappa shape index (κ3) is 2.57. The van der Waals surface area contributed by atoms with E-state index in [1.165, 1.54) is 4.88 Å². The van der Waals surface area contributed by atoms with Crippen LogP contribution in [0.4, 0.5) is 5.69 Å². The van der Waals surface area contributed by atoms with Gasteiger partial charge in [-0.15, -0.1) is 11.3 Å². The summed E-state index contributed by atoms with van der Waals surface area (Å²) in [5.74, 6) is 0.938. The van der Waals surface area contributed by atoms with Gasteiger partial charge in [0.25, 0.3) is 0 Å². The Kier molecular flexibility index (Phi) is 3.40. The second-order valence-electron chi connectivity index (χ2n) is 4.20. The van der Waals surface area contributed by atoms with Crippen LogP contribution in [0.1, 0.15) is 4.88 Å². The second-order valence-corrected chi connectivity index (χ2v) is 6.05. The Morgan fingerprint density at radius 2 is 2.21 bits per heavy atom. The number of nitrogens with two attached hydrogens (primary N) is 1. The van der Waals surface area contributed by atoms with Gasteiger partial charge in [0.1, 0.15) is 5.82 Å². The van der Waals surface area contributed by atoms with Crippen molar-refractivity contribution in [2.24, 2.45) is 0 Å². The van der Waals surface area contributed by atoms with Crippen LogP contribution < -0.4 is 5.73 Å². The first kappa shape index (κ1) is 12.4. The third-order valence-electron chi connectivity index (χ3n) is 2.87. The van der Waals surface area contributed by atoms with E-state index in [1.807, 2.05) is 36.7 Å². The van der Waals surface area contributed by atoms with Crippen LogP contribution in [0.5, 0.6) is 0 Å². The lowest BCUT2D eigenvalue weighted by Crippen LogP contribution is -2.00. The maximum atomic E-state index is 5.83. The first-order chi connectivity index (χ1) is 9.24. The Bertz CT molecular complexity index is 702. The molecule has 3 aromatic rings. The Balaban J connectivity index is 1.97. The maximum absolute atomic E-state index is 5.83.